The number of amides is 5. The zero-order valence-corrected chi connectivity index (χ0v) is 14.0. The highest BCUT2D eigenvalue weighted by Crippen LogP contribution is 2.44. The van der Waals surface area contributed by atoms with Crippen LogP contribution in [0, 0.1) is 11.8 Å². The maximum absolute atomic E-state index is 13.9. The molecule has 0 radical (unpaired) electrons. The van der Waals surface area contributed by atoms with Gasteiger partial charge in [0.05, 0.1) is 0 Å². The fourth-order valence-electron chi connectivity index (χ4n) is 2.87. The Morgan fingerprint density at radius 3 is 2.28 bits per heavy atom. The molecule has 2 aliphatic rings. The average molecular weight is 362 g/mol. The summed E-state index contributed by atoms with van der Waals surface area (Å²) in [5, 5.41) is 1.69. The maximum Gasteiger partial charge on any atom is 0.422 e. The molecule has 2 unspecified atom stereocenters. The smallest absolute Gasteiger partial charge is 0.333 e. The van der Waals surface area contributed by atoms with E-state index in [1.54, 1.807) is 19.2 Å². The van der Waals surface area contributed by atoms with Crippen LogP contribution >= 0.6 is 0 Å². The van der Waals surface area contributed by atoms with E-state index in [0.29, 0.717) is 9.80 Å². The molecule has 1 N–H and O–H groups in total. The second kappa shape index (κ2) is 5.81. The minimum absolute atomic E-state index is 0.267. The van der Waals surface area contributed by atoms with Gasteiger partial charge in [-0.15, -0.1) is 0 Å². The first kappa shape index (κ1) is 18.9. The number of halogens is 3. The van der Waals surface area contributed by atoms with E-state index in [-0.39, 0.29) is 12.3 Å². The largest absolute Gasteiger partial charge is 0.422 e. The molecule has 138 valence electrons. The summed E-state index contributed by atoms with van der Waals surface area (Å²) in [6.45, 7) is 3.23. The van der Waals surface area contributed by atoms with Gasteiger partial charge in [0.25, 0.3) is 5.91 Å². The lowest BCUT2D eigenvalue weighted by molar-refractivity contribution is -0.207. The third kappa shape index (κ3) is 2.67. The highest BCUT2D eigenvalue weighted by molar-refractivity contribution is 6.26. The Bertz CT molecular complexity index is 688. The van der Waals surface area contributed by atoms with Gasteiger partial charge in [-0.3, -0.25) is 24.2 Å². The summed E-state index contributed by atoms with van der Waals surface area (Å²) in [6.07, 6.45) is -5.56. The molecule has 2 rings (SSSR count). The van der Waals surface area contributed by atoms with Gasteiger partial charge in [-0.1, -0.05) is 13.8 Å². The number of nitrogens with zero attached hydrogens (tertiary/aromatic N) is 3. The zero-order valence-electron chi connectivity index (χ0n) is 14.0. The molecule has 0 aromatic rings. The fourth-order valence-corrected chi connectivity index (χ4v) is 2.87. The van der Waals surface area contributed by atoms with Crippen molar-refractivity contribution in [2.75, 3.05) is 14.1 Å². The predicted octanol–water partition coefficient (Wildman–Crippen LogP) is 0.528. The summed E-state index contributed by atoms with van der Waals surface area (Å²) in [4.78, 5) is 52.9. The Balaban J connectivity index is 2.57. The number of hydrogen-bond acceptors (Lipinski definition) is 4. The van der Waals surface area contributed by atoms with Crippen LogP contribution < -0.4 is 5.32 Å². The summed E-state index contributed by atoms with van der Waals surface area (Å²) >= 11 is 0. The number of nitrogens with one attached hydrogen (secondary N) is 1. The lowest BCUT2D eigenvalue weighted by atomic mass is 9.81. The molecule has 0 aromatic heterocycles. The maximum atomic E-state index is 13.9. The minimum atomic E-state index is -5.29. The van der Waals surface area contributed by atoms with Crippen molar-refractivity contribution < 1.29 is 32.3 Å². The third-order valence-electron chi connectivity index (χ3n) is 4.12. The van der Waals surface area contributed by atoms with Gasteiger partial charge in [0.15, 0.2) is 0 Å². The van der Waals surface area contributed by atoms with Gasteiger partial charge in [0.1, 0.15) is 11.8 Å². The van der Waals surface area contributed by atoms with Gasteiger partial charge in [0.2, 0.25) is 17.4 Å². The molecule has 1 fully saturated rings. The van der Waals surface area contributed by atoms with E-state index in [9.17, 15) is 32.3 Å². The van der Waals surface area contributed by atoms with E-state index in [1.165, 1.54) is 0 Å². The Labute approximate surface area is 141 Å². The van der Waals surface area contributed by atoms with E-state index in [1.807, 2.05) is 0 Å². The van der Waals surface area contributed by atoms with Crippen LogP contribution in [0.4, 0.5) is 18.0 Å². The number of imide groups is 1. The second-order valence-electron chi connectivity index (χ2n) is 6.40. The van der Waals surface area contributed by atoms with Crippen LogP contribution in [0.25, 0.3) is 0 Å². The number of alkyl halides is 3. The first-order valence-corrected chi connectivity index (χ1v) is 7.40. The minimum Gasteiger partial charge on any atom is -0.333 e. The molecule has 2 heterocycles. The standard InChI is InChI=1S/C14H17F3N4O4/c1-6(2)5-7(22)19-13(14(15,16)17)8-9(18-11(13)24)20(3)12(25)21(4)10(8)23/h6,8H,5H2,1-4H3,(H,19,22). The topological polar surface area (TPSA) is 99.1 Å². The highest BCUT2D eigenvalue weighted by atomic mass is 19.4. The monoisotopic (exact) mass is 362 g/mol. The Kier molecular flexibility index (Phi) is 4.39. The first-order chi connectivity index (χ1) is 11.3. The van der Waals surface area contributed by atoms with E-state index in [0.717, 1.165) is 14.1 Å². The normalized spacial score (nSPS) is 27.0. The number of carbonyl (C=O) groups excluding carboxylic acids is 4. The number of urea groups is 1. The first-order valence-electron chi connectivity index (χ1n) is 7.40. The van der Waals surface area contributed by atoms with Crippen LogP contribution in [-0.4, -0.2) is 65.2 Å². The summed E-state index contributed by atoms with van der Waals surface area (Å²) in [6, 6.07) is -0.917. The molecule has 0 aliphatic carbocycles. The van der Waals surface area contributed by atoms with Gasteiger partial charge in [-0.25, -0.2) is 4.79 Å². The van der Waals surface area contributed by atoms with Gasteiger partial charge in [0, 0.05) is 20.5 Å². The fraction of sp³-hybridized carbons (Fsp3) is 0.643. The van der Waals surface area contributed by atoms with Crippen molar-refractivity contribution in [3.8, 4) is 0 Å². The molecule has 5 amide bonds. The Morgan fingerprint density at radius 2 is 1.80 bits per heavy atom. The second-order valence-corrected chi connectivity index (χ2v) is 6.40. The van der Waals surface area contributed by atoms with Crippen LogP contribution in [0.2, 0.25) is 0 Å². The third-order valence-corrected chi connectivity index (χ3v) is 4.12. The summed E-state index contributed by atoms with van der Waals surface area (Å²) in [5.41, 5.74) is -3.52. The van der Waals surface area contributed by atoms with Gasteiger partial charge < -0.3 is 5.32 Å². The van der Waals surface area contributed by atoms with Crippen LogP contribution in [0.3, 0.4) is 0 Å². The van der Waals surface area contributed by atoms with Crippen LogP contribution in [-0.2, 0) is 14.4 Å². The molecule has 25 heavy (non-hydrogen) atoms. The van der Waals surface area contributed by atoms with Crippen LogP contribution in [0.5, 0.6) is 0 Å². The highest BCUT2D eigenvalue weighted by Gasteiger charge is 2.74. The van der Waals surface area contributed by atoms with Crippen molar-refractivity contribution in [3.05, 3.63) is 0 Å². The predicted molar refractivity (Wildman–Crippen MR) is 78.2 cm³/mol. The molecule has 0 saturated carbocycles. The van der Waals surface area contributed by atoms with Crippen LogP contribution in [0.15, 0.2) is 4.99 Å². The molecule has 0 aromatic carbocycles. The molecule has 0 bridgehead atoms. The number of rotatable bonds is 3. The lowest BCUT2D eigenvalue weighted by Crippen LogP contribution is -2.72. The van der Waals surface area contributed by atoms with E-state index >= 15 is 0 Å². The number of aliphatic imine (C=N–C) groups is 1. The molecule has 8 nitrogen and oxygen atoms in total. The molecule has 2 aliphatic heterocycles. The molecule has 1 saturated heterocycles. The van der Waals surface area contributed by atoms with Crippen molar-refractivity contribution >= 4 is 29.6 Å². The summed E-state index contributed by atoms with van der Waals surface area (Å²) in [7, 11) is 2.10. The van der Waals surface area contributed by atoms with E-state index in [2.05, 4.69) is 4.99 Å². The number of fused-ring (bicyclic) bond motifs is 1. The van der Waals surface area contributed by atoms with Crippen molar-refractivity contribution in [1.82, 2.24) is 15.1 Å². The van der Waals surface area contributed by atoms with E-state index < -0.39 is 47.2 Å². The molecular weight excluding hydrogens is 345 g/mol. The van der Waals surface area contributed by atoms with Crippen LogP contribution in [0.1, 0.15) is 20.3 Å². The van der Waals surface area contributed by atoms with Crippen molar-refractivity contribution in [1.29, 1.82) is 0 Å². The number of amidine groups is 1. The Hall–Kier alpha value is -2.46. The molecule has 0 spiro atoms. The number of hydrogen-bond donors (Lipinski definition) is 1. The quantitative estimate of drug-likeness (QED) is 0.792. The zero-order chi connectivity index (χ0) is 19.3. The summed E-state index contributed by atoms with van der Waals surface area (Å²) in [5.74, 6) is -7.05. The SMILES string of the molecule is CC(C)CC(=O)NC1(C(F)(F)F)C(=O)N=C2C1C(=O)N(C)C(=O)N2C. The van der Waals surface area contributed by atoms with E-state index in [4.69, 9.17) is 0 Å². The van der Waals surface area contributed by atoms with Gasteiger partial charge in [-0.05, 0) is 5.92 Å². The molecular formula is C14H17F3N4O4. The summed E-state index contributed by atoms with van der Waals surface area (Å²) < 4.78 is 41.6. The van der Waals surface area contributed by atoms with Gasteiger partial charge in [-0.2, -0.15) is 18.2 Å². The van der Waals surface area contributed by atoms with Crippen molar-refractivity contribution in [2.45, 2.75) is 32.0 Å². The Morgan fingerprint density at radius 1 is 1.24 bits per heavy atom. The van der Waals surface area contributed by atoms with Crippen molar-refractivity contribution in [2.24, 2.45) is 16.8 Å². The molecule has 11 heteroatoms. The van der Waals surface area contributed by atoms with Gasteiger partial charge >= 0.3 is 12.2 Å². The lowest BCUT2D eigenvalue weighted by Gasteiger charge is -2.40. The van der Waals surface area contributed by atoms with Crippen molar-refractivity contribution in [3.63, 3.8) is 0 Å². The molecule has 2 atom stereocenters. The number of carbonyl (C=O) groups is 4. The average Bonchev–Trinajstić information content (AvgIpc) is 2.76.